The topological polar surface area (TPSA) is 12.0 Å². The van der Waals surface area contributed by atoms with Crippen molar-refractivity contribution in [3.8, 4) is 0 Å². The van der Waals surface area contributed by atoms with E-state index in [1.54, 1.807) is 0 Å². The number of rotatable bonds is 2. The summed E-state index contributed by atoms with van der Waals surface area (Å²) >= 11 is 0. The maximum atomic E-state index is 13.4. The molecular weight excluding hydrogens is 141 g/mol. The Kier molecular flexibility index (Phi) is 3.31. The fourth-order valence-corrected chi connectivity index (χ4v) is 1.69. The van der Waals surface area contributed by atoms with Crippen LogP contribution in [0.1, 0.15) is 26.7 Å². The van der Waals surface area contributed by atoms with Gasteiger partial charge in [-0.05, 0) is 25.3 Å². The molecule has 2 atom stereocenters. The summed E-state index contributed by atoms with van der Waals surface area (Å²) < 4.78 is 13.4. The van der Waals surface area contributed by atoms with Crippen LogP contribution in [0.2, 0.25) is 0 Å². The van der Waals surface area contributed by atoms with Crippen LogP contribution in [-0.4, -0.2) is 19.3 Å². The molecule has 0 aromatic heterocycles. The molecule has 0 radical (unpaired) electrons. The van der Waals surface area contributed by atoms with Gasteiger partial charge in [-0.25, -0.2) is 4.39 Å². The van der Waals surface area contributed by atoms with Gasteiger partial charge in [0.05, 0.1) is 0 Å². The van der Waals surface area contributed by atoms with E-state index < -0.39 is 6.17 Å². The molecule has 0 bridgehead atoms. The lowest BCUT2D eigenvalue weighted by Gasteiger charge is -2.27. The van der Waals surface area contributed by atoms with Crippen molar-refractivity contribution < 1.29 is 4.39 Å². The summed E-state index contributed by atoms with van der Waals surface area (Å²) in [5.74, 6) is 0.448. The molecule has 0 aliphatic carbocycles. The first kappa shape index (κ1) is 8.98. The highest BCUT2D eigenvalue weighted by Crippen LogP contribution is 2.22. The maximum Gasteiger partial charge on any atom is 0.106 e. The zero-order chi connectivity index (χ0) is 8.27. The summed E-state index contributed by atoms with van der Waals surface area (Å²) in [4.78, 5) is 0. The largest absolute Gasteiger partial charge is 0.316 e. The van der Waals surface area contributed by atoms with Crippen LogP contribution >= 0.6 is 0 Å². The minimum Gasteiger partial charge on any atom is -0.316 e. The van der Waals surface area contributed by atoms with E-state index in [0.717, 1.165) is 25.9 Å². The Balaban J connectivity index is 2.32. The van der Waals surface area contributed by atoms with Crippen LogP contribution in [0.3, 0.4) is 0 Å². The fourth-order valence-electron chi connectivity index (χ4n) is 1.69. The number of alkyl halides is 1. The Morgan fingerprint density at radius 2 is 2.18 bits per heavy atom. The highest BCUT2D eigenvalue weighted by atomic mass is 19.1. The Labute approximate surface area is 68.4 Å². The number of nitrogens with one attached hydrogen (secondary N) is 1. The van der Waals surface area contributed by atoms with Gasteiger partial charge in [-0.3, -0.25) is 0 Å². The van der Waals surface area contributed by atoms with Crippen LogP contribution in [-0.2, 0) is 0 Å². The SMILES string of the molecule is CC(C)[C@@H](F)[C@H]1CCCNC1. The van der Waals surface area contributed by atoms with Gasteiger partial charge in [0.25, 0.3) is 0 Å². The second-order valence-corrected chi connectivity index (χ2v) is 3.79. The molecule has 1 fully saturated rings. The van der Waals surface area contributed by atoms with E-state index in [0.29, 0.717) is 0 Å². The molecule has 0 aromatic rings. The predicted octanol–water partition coefficient (Wildman–Crippen LogP) is 1.98. The number of halogens is 1. The highest BCUT2D eigenvalue weighted by Gasteiger charge is 2.25. The van der Waals surface area contributed by atoms with Crippen LogP contribution in [0.4, 0.5) is 4.39 Å². The predicted molar refractivity (Wildman–Crippen MR) is 45.3 cm³/mol. The monoisotopic (exact) mass is 159 g/mol. The average Bonchev–Trinajstić information content (AvgIpc) is 2.05. The summed E-state index contributed by atoms with van der Waals surface area (Å²) in [6.07, 6.45) is 1.59. The lowest BCUT2D eigenvalue weighted by Crippen LogP contribution is -2.36. The standard InChI is InChI=1S/C9H18FN/c1-7(2)9(10)8-4-3-5-11-6-8/h7-9,11H,3-6H2,1-2H3/t8-,9+/m0/s1. The molecule has 0 amide bonds. The summed E-state index contributed by atoms with van der Waals surface area (Å²) in [5, 5.41) is 3.23. The Hall–Kier alpha value is -0.110. The van der Waals surface area contributed by atoms with E-state index in [1.165, 1.54) is 0 Å². The van der Waals surface area contributed by atoms with Crippen LogP contribution in [0, 0.1) is 11.8 Å². The highest BCUT2D eigenvalue weighted by molar-refractivity contribution is 4.77. The quantitative estimate of drug-likeness (QED) is 0.649. The minimum atomic E-state index is -0.609. The van der Waals surface area contributed by atoms with Crippen molar-refractivity contribution in [3.05, 3.63) is 0 Å². The average molecular weight is 159 g/mol. The molecule has 66 valence electrons. The second kappa shape index (κ2) is 4.05. The van der Waals surface area contributed by atoms with Crippen molar-refractivity contribution in [1.82, 2.24) is 5.32 Å². The second-order valence-electron chi connectivity index (χ2n) is 3.79. The van der Waals surface area contributed by atoms with Gasteiger partial charge < -0.3 is 5.32 Å². The molecule has 1 aliphatic rings. The molecule has 0 aromatic carbocycles. The van der Waals surface area contributed by atoms with E-state index in [2.05, 4.69) is 5.32 Å². The van der Waals surface area contributed by atoms with Gasteiger partial charge in [-0.15, -0.1) is 0 Å². The maximum absolute atomic E-state index is 13.4. The fraction of sp³-hybridized carbons (Fsp3) is 1.00. The Morgan fingerprint density at radius 1 is 1.45 bits per heavy atom. The third-order valence-corrected chi connectivity index (χ3v) is 2.42. The lowest BCUT2D eigenvalue weighted by molar-refractivity contribution is 0.144. The van der Waals surface area contributed by atoms with Crippen molar-refractivity contribution in [2.24, 2.45) is 11.8 Å². The number of hydrogen-bond donors (Lipinski definition) is 1. The first-order valence-corrected chi connectivity index (χ1v) is 4.56. The molecule has 2 heteroatoms. The molecule has 0 unspecified atom stereocenters. The number of hydrogen-bond acceptors (Lipinski definition) is 1. The Bertz CT molecular complexity index is 108. The van der Waals surface area contributed by atoms with E-state index in [9.17, 15) is 4.39 Å². The van der Waals surface area contributed by atoms with Gasteiger partial charge in [0.1, 0.15) is 6.17 Å². The zero-order valence-electron chi connectivity index (χ0n) is 7.44. The van der Waals surface area contributed by atoms with Crippen LogP contribution in [0.5, 0.6) is 0 Å². The van der Waals surface area contributed by atoms with Crippen molar-refractivity contribution in [3.63, 3.8) is 0 Å². The van der Waals surface area contributed by atoms with Crippen molar-refractivity contribution in [2.75, 3.05) is 13.1 Å². The molecule has 1 rings (SSSR count). The molecule has 0 saturated carbocycles. The molecule has 1 N–H and O–H groups in total. The van der Waals surface area contributed by atoms with Gasteiger partial charge in [0, 0.05) is 12.5 Å². The van der Waals surface area contributed by atoms with Crippen LogP contribution < -0.4 is 5.32 Å². The van der Waals surface area contributed by atoms with Gasteiger partial charge in [0.2, 0.25) is 0 Å². The van der Waals surface area contributed by atoms with Gasteiger partial charge in [0.15, 0.2) is 0 Å². The third kappa shape index (κ3) is 2.44. The molecule has 1 heterocycles. The van der Waals surface area contributed by atoms with E-state index >= 15 is 0 Å². The van der Waals surface area contributed by atoms with Crippen molar-refractivity contribution in [1.29, 1.82) is 0 Å². The first-order valence-electron chi connectivity index (χ1n) is 4.56. The molecule has 1 saturated heterocycles. The van der Waals surface area contributed by atoms with E-state index in [4.69, 9.17) is 0 Å². The minimum absolute atomic E-state index is 0.180. The van der Waals surface area contributed by atoms with E-state index in [1.807, 2.05) is 13.8 Å². The Morgan fingerprint density at radius 3 is 2.64 bits per heavy atom. The molecule has 0 spiro atoms. The molecule has 1 nitrogen and oxygen atoms in total. The summed E-state index contributed by atoms with van der Waals surface area (Å²) in [6, 6.07) is 0. The smallest absolute Gasteiger partial charge is 0.106 e. The number of piperidine rings is 1. The van der Waals surface area contributed by atoms with Gasteiger partial charge >= 0.3 is 0 Å². The van der Waals surface area contributed by atoms with Crippen molar-refractivity contribution in [2.45, 2.75) is 32.9 Å². The van der Waals surface area contributed by atoms with Gasteiger partial charge in [-0.1, -0.05) is 13.8 Å². The normalized spacial score (nSPS) is 28.9. The summed E-state index contributed by atoms with van der Waals surface area (Å²) in [7, 11) is 0. The molecule has 11 heavy (non-hydrogen) atoms. The summed E-state index contributed by atoms with van der Waals surface area (Å²) in [5.41, 5.74) is 0. The van der Waals surface area contributed by atoms with Crippen LogP contribution in [0.15, 0.2) is 0 Å². The zero-order valence-corrected chi connectivity index (χ0v) is 7.44. The van der Waals surface area contributed by atoms with Gasteiger partial charge in [-0.2, -0.15) is 0 Å². The summed E-state index contributed by atoms with van der Waals surface area (Å²) in [6.45, 7) is 5.86. The van der Waals surface area contributed by atoms with Crippen molar-refractivity contribution >= 4 is 0 Å². The third-order valence-electron chi connectivity index (χ3n) is 2.42. The molecular formula is C9H18FN. The van der Waals surface area contributed by atoms with Crippen LogP contribution in [0.25, 0.3) is 0 Å². The molecule has 1 aliphatic heterocycles. The first-order chi connectivity index (χ1) is 5.22. The lowest BCUT2D eigenvalue weighted by atomic mass is 9.89. The van der Waals surface area contributed by atoms with E-state index in [-0.39, 0.29) is 11.8 Å².